The number of hydrogen-bond donors (Lipinski definition) is 0. The van der Waals surface area contributed by atoms with Crippen molar-refractivity contribution in [1.29, 1.82) is 0 Å². The minimum absolute atomic E-state index is 0.0166. The molecule has 3 aromatic rings. The van der Waals surface area contributed by atoms with E-state index >= 15 is 0 Å². The molecule has 0 spiro atoms. The lowest BCUT2D eigenvalue weighted by Gasteiger charge is -2.41. The third-order valence-corrected chi connectivity index (χ3v) is 5.98. The molecule has 0 aliphatic carbocycles. The normalized spacial score (nSPS) is 17.5. The Morgan fingerprint density at radius 2 is 1.76 bits per heavy atom. The quantitative estimate of drug-likeness (QED) is 0.508. The Hall–Kier alpha value is -3.74. The third kappa shape index (κ3) is 4.06. The molecule has 5 rings (SSSR count). The van der Waals surface area contributed by atoms with E-state index in [0.717, 1.165) is 46.6 Å². The monoisotopic (exact) mass is 447 g/mol. The Morgan fingerprint density at radius 1 is 1.00 bits per heavy atom. The van der Waals surface area contributed by atoms with Crippen molar-refractivity contribution in [2.75, 3.05) is 19.6 Å². The predicted octanol–water partition coefficient (Wildman–Crippen LogP) is 5.30. The number of para-hydroxylation sites is 2. The number of amidine groups is 1. The molecular weight excluding hydrogens is 424 g/mol. The summed E-state index contributed by atoms with van der Waals surface area (Å²) in [6.45, 7) is 5.41. The Labute approximate surface area is 190 Å². The second-order valence-electron chi connectivity index (χ2n) is 8.46. The van der Waals surface area contributed by atoms with E-state index in [0.29, 0.717) is 25.4 Å². The maximum absolute atomic E-state index is 13.6. The van der Waals surface area contributed by atoms with Crippen LogP contribution < -0.4 is 4.74 Å². The fourth-order valence-electron chi connectivity index (χ4n) is 4.37. The summed E-state index contributed by atoms with van der Waals surface area (Å²) in [5.74, 6) is 0.298. The number of benzene rings is 3. The molecule has 1 amide bonds. The van der Waals surface area contributed by atoms with Gasteiger partial charge in [-0.2, -0.15) is 0 Å². The molecular formula is C26H23F2N3O2. The second kappa shape index (κ2) is 8.31. The number of aliphatic imine (C=N–C) groups is 1. The van der Waals surface area contributed by atoms with Crippen LogP contribution in [0.2, 0.25) is 0 Å². The summed E-state index contributed by atoms with van der Waals surface area (Å²) in [4.78, 5) is 21.7. The van der Waals surface area contributed by atoms with Gasteiger partial charge in [-0.25, -0.2) is 13.8 Å². The van der Waals surface area contributed by atoms with Gasteiger partial charge in [-0.15, -0.1) is 0 Å². The predicted molar refractivity (Wildman–Crippen MR) is 122 cm³/mol. The fourth-order valence-corrected chi connectivity index (χ4v) is 4.37. The van der Waals surface area contributed by atoms with E-state index < -0.39 is 11.6 Å². The fraction of sp³-hybridized carbons (Fsp3) is 0.231. The molecule has 2 aliphatic heterocycles. The standard InChI is InChI=1S/C26H23F2N3O2/c1-16-7-8-23-21(11-16)25(29-22-5-3-4-6-24(22)33-23)30-9-10-31(17(2)15-30)26(32)18-12-19(27)14-20(28)13-18/h3-8,11-14,17H,9-10,15H2,1-2H3. The van der Waals surface area contributed by atoms with E-state index in [2.05, 4.69) is 11.0 Å². The number of nitrogens with zero attached hydrogens (tertiary/aromatic N) is 3. The van der Waals surface area contributed by atoms with Gasteiger partial charge in [-0.3, -0.25) is 4.79 Å². The van der Waals surface area contributed by atoms with Crippen LogP contribution in [-0.2, 0) is 0 Å². The topological polar surface area (TPSA) is 45.1 Å². The highest BCUT2D eigenvalue weighted by molar-refractivity contribution is 6.04. The van der Waals surface area contributed by atoms with Gasteiger partial charge < -0.3 is 14.5 Å². The summed E-state index contributed by atoms with van der Waals surface area (Å²) in [5.41, 5.74) is 2.74. The molecule has 1 fully saturated rings. The smallest absolute Gasteiger partial charge is 0.254 e. The molecule has 1 atom stereocenters. The average Bonchev–Trinajstić information content (AvgIpc) is 2.94. The lowest BCUT2D eigenvalue weighted by Crippen LogP contribution is -2.55. The van der Waals surface area contributed by atoms with Gasteiger partial charge >= 0.3 is 0 Å². The number of carbonyl (C=O) groups excluding carboxylic acids is 1. The van der Waals surface area contributed by atoms with E-state index in [1.54, 1.807) is 4.90 Å². The summed E-state index contributed by atoms with van der Waals surface area (Å²) in [7, 11) is 0. The zero-order chi connectivity index (χ0) is 23.1. The SMILES string of the molecule is Cc1ccc2c(c1)C(N1CCN(C(=O)c3cc(F)cc(F)c3)C(C)C1)=Nc1ccccc1O2. The molecule has 2 aliphatic rings. The molecule has 0 N–H and O–H groups in total. The molecule has 7 heteroatoms. The van der Waals surface area contributed by atoms with Crippen molar-refractivity contribution in [2.24, 2.45) is 4.99 Å². The number of rotatable bonds is 1. The van der Waals surface area contributed by atoms with Crippen LogP contribution in [0, 0.1) is 18.6 Å². The van der Waals surface area contributed by atoms with E-state index in [4.69, 9.17) is 9.73 Å². The van der Waals surface area contributed by atoms with Crippen LogP contribution in [0.4, 0.5) is 14.5 Å². The Morgan fingerprint density at radius 3 is 2.52 bits per heavy atom. The number of carbonyl (C=O) groups is 1. The number of ether oxygens (including phenoxy) is 1. The number of fused-ring (bicyclic) bond motifs is 2. The highest BCUT2D eigenvalue weighted by Crippen LogP contribution is 2.38. The lowest BCUT2D eigenvalue weighted by molar-refractivity contribution is 0.0580. The summed E-state index contributed by atoms with van der Waals surface area (Å²) < 4.78 is 33.5. The molecule has 168 valence electrons. The van der Waals surface area contributed by atoms with E-state index in [-0.39, 0.29) is 17.5 Å². The van der Waals surface area contributed by atoms with Gasteiger partial charge in [-0.1, -0.05) is 23.8 Å². The zero-order valence-electron chi connectivity index (χ0n) is 18.4. The van der Waals surface area contributed by atoms with Crippen molar-refractivity contribution in [3.8, 4) is 11.5 Å². The van der Waals surface area contributed by atoms with Gasteiger partial charge in [0.1, 0.15) is 28.9 Å². The summed E-state index contributed by atoms with van der Waals surface area (Å²) in [6, 6.07) is 16.4. The van der Waals surface area contributed by atoms with Crippen LogP contribution in [0.5, 0.6) is 11.5 Å². The highest BCUT2D eigenvalue weighted by Gasteiger charge is 2.32. The van der Waals surface area contributed by atoms with Crippen LogP contribution >= 0.6 is 0 Å². The Kier molecular flexibility index (Phi) is 5.32. The summed E-state index contributed by atoms with van der Waals surface area (Å²) in [6.07, 6.45) is 0. The summed E-state index contributed by atoms with van der Waals surface area (Å²) >= 11 is 0. The van der Waals surface area contributed by atoms with Crippen molar-refractivity contribution in [3.63, 3.8) is 0 Å². The maximum Gasteiger partial charge on any atom is 0.254 e. The zero-order valence-corrected chi connectivity index (χ0v) is 18.4. The lowest BCUT2D eigenvalue weighted by atomic mass is 10.1. The largest absolute Gasteiger partial charge is 0.454 e. The first-order valence-corrected chi connectivity index (χ1v) is 10.9. The molecule has 1 unspecified atom stereocenters. The first kappa shape index (κ1) is 21.1. The van der Waals surface area contributed by atoms with Crippen LogP contribution in [0.25, 0.3) is 0 Å². The van der Waals surface area contributed by atoms with Gasteiger partial charge in [0.25, 0.3) is 5.91 Å². The minimum atomic E-state index is -0.761. The van der Waals surface area contributed by atoms with Gasteiger partial charge in [0.15, 0.2) is 5.75 Å². The van der Waals surface area contributed by atoms with Gasteiger partial charge in [0.05, 0.1) is 5.56 Å². The second-order valence-corrected chi connectivity index (χ2v) is 8.46. The molecule has 0 saturated carbocycles. The average molecular weight is 447 g/mol. The molecule has 1 saturated heterocycles. The van der Waals surface area contributed by atoms with Crippen LogP contribution in [0.1, 0.15) is 28.4 Å². The molecule has 3 aromatic carbocycles. The molecule has 0 aromatic heterocycles. The summed E-state index contributed by atoms with van der Waals surface area (Å²) in [5, 5.41) is 0. The van der Waals surface area contributed by atoms with Crippen LogP contribution in [0.15, 0.2) is 65.7 Å². The molecule has 5 nitrogen and oxygen atoms in total. The number of piperazine rings is 1. The number of halogens is 2. The number of hydrogen-bond acceptors (Lipinski definition) is 4. The van der Waals surface area contributed by atoms with Crippen molar-refractivity contribution >= 4 is 17.4 Å². The van der Waals surface area contributed by atoms with Crippen molar-refractivity contribution in [2.45, 2.75) is 19.9 Å². The molecule has 0 bridgehead atoms. The minimum Gasteiger partial charge on any atom is -0.454 e. The van der Waals surface area contributed by atoms with Gasteiger partial charge in [0.2, 0.25) is 0 Å². The van der Waals surface area contributed by atoms with Crippen molar-refractivity contribution in [3.05, 3.63) is 89.0 Å². The Balaban J connectivity index is 1.45. The number of amides is 1. The van der Waals surface area contributed by atoms with E-state index in [1.807, 2.05) is 50.2 Å². The Bertz CT molecular complexity index is 1250. The van der Waals surface area contributed by atoms with Crippen molar-refractivity contribution in [1.82, 2.24) is 9.80 Å². The van der Waals surface area contributed by atoms with E-state index in [1.165, 1.54) is 0 Å². The number of aryl methyl sites for hydroxylation is 1. The van der Waals surface area contributed by atoms with Crippen LogP contribution in [0.3, 0.4) is 0 Å². The van der Waals surface area contributed by atoms with Gasteiger partial charge in [0, 0.05) is 37.3 Å². The third-order valence-electron chi connectivity index (χ3n) is 5.98. The van der Waals surface area contributed by atoms with Gasteiger partial charge in [-0.05, 0) is 50.2 Å². The van der Waals surface area contributed by atoms with Crippen molar-refractivity contribution < 1.29 is 18.3 Å². The maximum atomic E-state index is 13.6. The molecule has 33 heavy (non-hydrogen) atoms. The highest BCUT2D eigenvalue weighted by atomic mass is 19.1. The first-order chi connectivity index (χ1) is 15.9. The molecule has 0 radical (unpaired) electrons. The van der Waals surface area contributed by atoms with E-state index in [9.17, 15) is 13.6 Å². The molecule has 2 heterocycles. The van der Waals surface area contributed by atoms with Crippen LogP contribution in [-0.4, -0.2) is 47.2 Å². The first-order valence-electron chi connectivity index (χ1n) is 10.9.